The van der Waals surface area contributed by atoms with Crippen molar-refractivity contribution in [2.24, 2.45) is 0 Å². The zero-order chi connectivity index (χ0) is 24.9. The van der Waals surface area contributed by atoms with E-state index in [1.807, 2.05) is 0 Å². The number of carbonyl (C=O) groups excluding carboxylic acids is 5. The average molecular weight is 499 g/mol. The Morgan fingerprint density at radius 3 is 2.40 bits per heavy atom. The summed E-state index contributed by atoms with van der Waals surface area (Å²) in [5.74, 6) is -2.40. The van der Waals surface area contributed by atoms with Crippen molar-refractivity contribution in [2.75, 3.05) is 25.1 Å². The van der Waals surface area contributed by atoms with Gasteiger partial charge in [-0.05, 0) is 56.7 Å². The summed E-state index contributed by atoms with van der Waals surface area (Å²) in [5.41, 5.74) is 2.04. The summed E-state index contributed by atoms with van der Waals surface area (Å²) < 4.78 is 10.2. The first kappa shape index (κ1) is 24.6. The van der Waals surface area contributed by atoms with Crippen molar-refractivity contribution in [3.05, 3.63) is 51.4 Å². The maximum atomic E-state index is 12.5. The van der Waals surface area contributed by atoms with Crippen LogP contribution in [0.3, 0.4) is 0 Å². The van der Waals surface area contributed by atoms with Gasteiger partial charge in [-0.1, -0.05) is 12.1 Å². The lowest BCUT2D eigenvalue weighted by atomic mass is 9.95. The second-order valence-electron chi connectivity index (χ2n) is 8.26. The van der Waals surface area contributed by atoms with Gasteiger partial charge in [-0.3, -0.25) is 24.1 Å². The molecule has 0 fully saturated rings. The molecular formula is C25H26N2O7S. The highest BCUT2D eigenvalue weighted by Crippen LogP contribution is 2.38. The number of ether oxygens (including phenoxy) is 2. The number of benzene rings is 1. The van der Waals surface area contributed by atoms with Crippen molar-refractivity contribution in [2.45, 2.75) is 45.4 Å². The van der Waals surface area contributed by atoms with Gasteiger partial charge >= 0.3 is 11.9 Å². The molecule has 2 heterocycles. The van der Waals surface area contributed by atoms with Gasteiger partial charge < -0.3 is 14.8 Å². The fraction of sp³-hybridized carbons (Fsp3) is 0.400. The van der Waals surface area contributed by atoms with E-state index >= 15 is 0 Å². The Kier molecular flexibility index (Phi) is 7.60. The highest BCUT2D eigenvalue weighted by Gasteiger charge is 2.34. The maximum absolute atomic E-state index is 12.5. The Morgan fingerprint density at radius 1 is 1.03 bits per heavy atom. The first-order chi connectivity index (χ1) is 16.9. The molecule has 2 aromatic rings. The van der Waals surface area contributed by atoms with Crippen molar-refractivity contribution < 1.29 is 33.4 Å². The standard InChI is InChI=1S/C25H26N2O7S/c1-2-33-25(32)21-17-10-5-6-11-18(17)35-22(21)26-19(28)14-34-20(29)12-7-13-27-23(30)15-8-3-4-9-16(15)24(27)31/h3-4,8-9H,2,5-7,10-14H2,1H3,(H,26,28). The molecule has 0 atom stereocenters. The molecule has 1 aliphatic carbocycles. The number of amides is 3. The number of hydrogen-bond acceptors (Lipinski definition) is 8. The van der Waals surface area contributed by atoms with E-state index in [4.69, 9.17) is 9.47 Å². The van der Waals surface area contributed by atoms with Gasteiger partial charge in [0, 0.05) is 17.8 Å². The van der Waals surface area contributed by atoms with E-state index in [0.29, 0.717) is 21.7 Å². The average Bonchev–Trinajstić information content (AvgIpc) is 3.33. The van der Waals surface area contributed by atoms with Crippen LogP contribution in [0.15, 0.2) is 24.3 Å². The molecule has 0 saturated heterocycles. The van der Waals surface area contributed by atoms with Gasteiger partial charge in [0.2, 0.25) is 0 Å². The third kappa shape index (κ3) is 5.27. The molecular weight excluding hydrogens is 472 g/mol. The van der Waals surface area contributed by atoms with Crippen molar-refractivity contribution in [3.8, 4) is 0 Å². The van der Waals surface area contributed by atoms with Crippen molar-refractivity contribution in [3.63, 3.8) is 0 Å². The monoisotopic (exact) mass is 498 g/mol. The quantitative estimate of drug-likeness (QED) is 0.416. The molecule has 0 unspecified atom stereocenters. The van der Waals surface area contributed by atoms with Gasteiger partial charge in [0.05, 0.1) is 23.3 Å². The van der Waals surface area contributed by atoms with Gasteiger partial charge in [-0.25, -0.2) is 4.79 Å². The van der Waals surface area contributed by atoms with E-state index in [2.05, 4.69) is 5.32 Å². The number of hydrogen-bond donors (Lipinski definition) is 1. The van der Waals surface area contributed by atoms with E-state index in [0.717, 1.165) is 41.0 Å². The van der Waals surface area contributed by atoms with Crippen LogP contribution in [0.2, 0.25) is 0 Å². The largest absolute Gasteiger partial charge is 0.462 e. The molecule has 35 heavy (non-hydrogen) atoms. The minimum atomic E-state index is -0.618. The number of aryl methyl sites for hydroxylation is 1. The number of nitrogens with one attached hydrogen (secondary N) is 1. The Labute approximate surface area is 206 Å². The van der Waals surface area contributed by atoms with E-state index in [-0.39, 0.29) is 37.8 Å². The number of thiophene rings is 1. The fourth-order valence-corrected chi connectivity index (χ4v) is 5.57. The van der Waals surface area contributed by atoms with Crippen molar-refractivity contribution >= 4 is 46.0 Å². The minimum absolute atomic E-state index is 0.0535. The number of rotatable bonds is 9. The molecule has 0 spiro atoms. The van der Waals surface area contributed by atoms with E-state index in [1.54, 1.807) is 31.2 Å². The number of anilines is 1. The van der Waals surface area contributed by atoms with E-state index in [1.165, 1.54) is 11.3 Å². The topological polar surface area (TPSA) is 119 Å². The maximum Gasteiger partial charge on any atom is 0.341 e. The molecule has 1 N–H and O–H groups in total. The molecule has 184 valence electrons. The first-order valence-corrected chi connectivity index (χ1v) is 12.4. The lowest BCUT2D eigenvalue weighted by molar-refractivity contribution is -0.147. The number of imide groups is 1. The highest BCUT2D eigenvalue weighted by atomic mass is 32.1. The summed E-state index contributed by atoms with van der Waals surface area (Å²) in [5, 5.41) is 3.11. The third-order valence-electron chi connectivity index (χ3n) is 5.91. The summed E-state index contributed by atoms with van der Waals surface area (Å²) in [4.78, 5) is 63.9. The van der Waals surface area contributed by atoms with Crippen LogP contribution >= 0.6 is 11.3 Å². The Hall–Kier alpha value is -3.53. The van der Waals surface area contributed by atoms with Crippen LogP contribution in [0.4, 0.5) is 5.00 Å². The molecule has 9 nitrogen and oxygen atoms in total. The number of esters is 2. The van der Waals surface area contributed by atoms with Crippen LogP contribution in [0, 0.1) is 0 Å². The first-order valence-electron chi connectivity index (χ1n) is 11.6. The molecule has 0 radical (unpaired) electrons. The van der Waals surface area contributed by atoms with Crippen LogP contribution in [0.25, 0.3) is 0 Å². The predicted molar refractivity (Wildman–Crippen MR) is 128 cm³/mol. The van der Waals surface area contributed by atoms with Gasteiger partial charge in [0.1, 0.15) is 5.00 Å². The van der Waals surface area contributed by atoms with Crippen LogP contribution in [0.5, 0.6) is 0 Å². The smallest absolute Gasteiger partial charge is 0.341 e. The van der Waals surface area contributed by atoms with Gasteiger partial charge in [-0.2, -0.15) is 0 Å². The predicted octanol–water partition coefficient (Wildman–Crippen LogP) is 3.36. The second-order valence-corrected chi connectivity index (χ2v) is 9.36. The van der Waals surface area contributed by atoms with Crippen LogP contribution in [-0.4, -0.2) is 54.3 Å². The minimum Gasteiger partial charge on any atom is -0.462 e. The van der Waals surface area contributed by atoms with E-state index in [9.17, 15) is 24.0 Å². The summed E-state index contributed by atoms with van der Waals surface area (Å²) in [6.45, 7) is 1.53. The van der Waals surface area contributed by atoms with Gasteiger partial charge in [-0.15, -0.1) is 11.3 Å². The summed E-state index contributed by atoms with van der Waals surface area (Å²) in [6, 6.07) is 6.58. The van der Waals surface area contributed by atoms with Crippen molar-refractivity contribution in [1.82, 2.24) is 4.90 Å². The molecule has 1 aromatic heterocycles. The molecule has 0 bridgehead atoms. The molecule has 2 aliphatic rings. The van der Waals surface area contributed by atoms with Crippen LogP contribution < -0.4 is 5.32 Å². The molecule has 0 saturated carbocycles. The van der Waals surface area contributed by atoms with Crippen LogP contribution in [-0.2, 0) is 31.9 Å². The van der Waals surface area contributed by atoms with Crippen LogP contribution in [0.1, 0.15) is 74.1 Å². The molecule has 3 amide bonds. The Balaban J connectivity index is 1.26. The van der Waals surface area contributed by atoms with E-state index < -0.39 is 24.5 Å². The number of fused-ring (bicyclic) bond motifs is 2. The second kappa shape index (κ2) is 10.8. The zero-order valence-corrected chi connectivity index (χ0v) is 20.2. The van der Waals surface area contributed by atoms with Gasteiger partial charge in [0.15, 0.2) is 6.61 Å². The third-order valence-corrected chi connectivity index (χ3v) is 7.12. The zero-order valence-electron chi connectivity index (χ0n) is 19.4. The number of carbonyl (C=O) groups is 5. The molecule has 1 aromatic carbocycles. The number of nitrogens with zero attached hydrogens (tertiary/aromatic N) is 1. The lowest BCUT2D eigenvalue weighted by Gasteiger charge is -2.13. The lowest BCUT2D eigenvalue weighted by Crippen LogP contribution is -2.31. The van der Waals surface area contributed by atoms with Crippen molar-refractivity contribution in [1.29, 1.82) is 0 Å². The van der Waals surface area contributed by atoms with Gasteiger partial charge in [0.25, 0.3) is 17.7 Å². The SMILES string of the molecule is CCOC(=O)c1c(NC(=O)COC(=O)CCCN2C(=O)c3ccccc3C2=O)sc2c1CCCC2. The highest BCUT2D eigenvalue weighted by molar-refractivity contribution is 7.17. The molecule has 4 rings (SSSR count). The molecule has 1 aliphatic heterocycles. The Bertz CT molecular complexity index is 1150. The fourth-order valence-electron chi connectivity index (χ4n) is 4.28. The molecule has 10 heteroatoms. The Morgan fingerprint density at radius 2 is 1.71 bits per heavy atom. The summed E-state index contributed by atoms with van der Waals surface area (Å²) in [6.07, 6.45) is 3.78. The summed E-state index contributed by atoms with van der Waals surface area (Å²) >= 11 is 1.36. The summed E-state index contributed by atoms with van der Waals surface area (Å²) in [7, 11) is 0. The normalized spacial score (nSPS) is 14.4.